The lowest BCUT2D eigenvalue weighted by atomic mass is 9.98. The number of aliphatic imine (C=N–C) groups is 1. The van der Waals surface area contributed by atoms with Crippen LogP contribution < -0.4 is 26.8 Å². The van der Waals surface area contributed by atoms with Gasteiger partial charge in [0.25, 0.3) is 0 Å². The van der Waals surface area contributed by atoms with E-state index < -0.39 is 5.66 Å². The van der Waals surface area contributed by atoms with Gasteiger partial charge in [0, 0.05) is 25.6 Å². The summed E-state index contributed by atoms with van der Waals surface area (Å²) < 4.78 is 5.40. The average Bonchev–Trinajstić information content (AvgIpc) is 2.45. The molecule has 1 fully saturated rings. The van der Waals surface area contributed by atoms with E-state index in [0.717, 1.165) is 30.2 Å². The van der Waals surface area contributed by atoms with E-state index in [0.29, 0.717) is 18.4 Å². The van der Waals surface area contributed by atoms with Gasteiger partial charge >= 0.3 is 0 Å². The van der Waals surface area contributed by atoms with E-state index in [2.05, 4.69) is 20.5 Å². The van der Waals surface area contributed by atoms with E-state index >= 15 is 0 Å². The van der Waals surface area contributed by atoms with Crippen molar-refractivity contribution in [1.29, 1.82) is 0 Å². The largest absolute Gasteiger partial charge is 0.496 e. The van der Waals surface area contributed by atoms with Crippen molar-refractivity contribution in [3.63, 3.8) is 0 Å². The molecule has 1 aromatic carbocycles. The smallest absolute Gasteiger partial charge is 0.196 e. The Morgan fingerprint density at radius 1 is 1.43 bits per heavy atom. The molecule has 0 aliphatic carbocycles. The quantitative estimate of drug-likeness (QED) is 0.587. The fraction of sp³-hybridized carbons (Fsp3) is 0.438. The molecule has 0 spiro atoms. The minimum atomic E-state index is -0.885. The van der Waals surface area contributed by atoms with Crippen LogP contribution in [0.25, 0.3) is 0 Å². The molecule has 6 N–H and O–H groups in total. The number of hydrogen-bond acceptors (Lipinski definition) is 7. The van der Waals surface area contributed by atoms with Crippen molar-refractivity contribution >= 4 is 5.96 Å². The SMILES string of the molecule is CNC1CN(C2=CC(N)(Cc3ccccc3OC)N=C(N)N2)C1. The van der Waals surface area contributed by atoms with Gasteiger partial charge in [-0.2, -0.15) is 0 Å². The molecule has 2 aliphatic heterocycles. The van der Waals surface area contributed by atoms with Crippen molar-refractivity contribution in [2.75, 3.05) is 27.2 Å². The first kappa shape index (κ1) is 15.6. The average molecular weight is 316 g/mol. The Balaban J connectivity index is 1.81. The first-order chi connectivity index (χ1) is 11.0. The van der Waals surface area contributed by atoms with Crippen LogP contribution in [0, 0.1) is 0 Å². The number of guanidine groups is 1. The summed E-state index contributed by atoms with van der Waals surface area (Å²) in [5.41, 5.74) is 12.6. The van der Waals surface area contributed by atoms with Crippen LogP contribution in [0.4, 0.5) is 0 Å². The van der Waals surface area contributed by atoms with Gasteiger partial charge in [-0.1, -0.05) is 18.2 Å². The molecule has 1 saturated heterocycles. The molecule has 0 aromatic heterocycles. The topological polar surface area (TPSA) is 101 Å². The van der Waals surface area contributed by atoms with Gasteiger partial charge in [-0.25, -0.2) is 4.99 Å². The Labute approximate surface area is 136 Å². The second-order valence-electron chi connectivity index (χ2n) is 6.02. The van der Waals surface area contributed by atoms with Crippen LogP contribution in [0.5, 0.6) is 5.75 Å². The summed E-state index contributed by atoms with van der Waals surface area (Å²) in [4.78, 5) is 6.60. The first-order valence-electron chi connectivity index (χ1n) is 7.71. The third-order valence-corrected chi connectivity index (χ3v) is 4.27. The molecular weight excluding hydrogens is 292 g/mol. The van der Waals surface area contributed by atoms with Gasteiger partial charge in [0.15, 0.2) is 5.96 Å². The zero-order chi connectivity index (χ0) is 16.4. The molecule has 2 heterocycles. The maximum Gasteiger partial charge on any atom is 0.196 e. The van der Waals surface area contributed by atoms with Gasteiger partial charge in [0.05, 0.1) is 7.11 Å². The fourth-order valence-corrected chi connectivity index (χ4v) is 2.96. The van der Waals surface area contributed by atoms with Crippen molar-refractivity contribution < 1.29 is 4.74 Å². The number of likely N-dealkylation sites (tertiary alicyclic amines) is 1. The third-order valence-electron chi connectivity index (χ3n) is 4.27. The first-order valence-corrected chi connectivity index (χ1v) is 7.71. The normalized spacial score (nSPS) is 24.4. The summed E-state index contributed by atoms with van der Waals surface area (Å²) in [5.74, 6) is 2.06. The third kappa shape index (κ3) is 3.25. The van der Waals surface area contributed by atoms with Gasteiger partial charge in [-0.15, -0.1) is 0 Å². The second-order valence-corrected chi connectivity index (χ2v) is 6.02. The highest BCUT2D eigenvalue weighted by Gasteiger charge is 2.34. The molecule has 0 amide bonds. The lowest BCUT2D eigenvalue weighted by Gasteiger charge is -2.44. The molecule has 2 aliphatic rings. The molecular formula is C16H24N6O. The van der Waals surface area contributed by atoms with Crippen LogP contribution in [0.15, 0.2) is 41.2 Å². The maximum atomic E-state index is 6.50. The molecule has 0 bridgehead atoms. The highest BCUT2D eigenvalue weighted by molar-refractivity contribution is 5.81. The highest BCUT2D eigenvalue weighted by atomic mass is 16.5. The summed E-state index contributed by atoms with van der Waals surface area (Å²) in [5, 5.41) is 6.36. The zero-order valence-electron chi connectivity index (χ0n) is 13.5. The van der Waals surface area contributed by atoms with Crippen LogP contribution >= 0.6 is 0 Å². The number of para-hydroxylation sites is 1. The number of nitrogens with two attached hydrogens (primary N) is 2. The second kappa shape index (κ2) is 6.10. The zero-order valence-corrected chi connectivity index (χ0v) is 13.5. The minimum Gasteiger partial charge on any atom is -0.496 e. The summed E-state index contributed by atoms with van der Waals surface area (Å²) >= 11 is 0. The Bertz CT molecular complexity index is 637. The Kier molecular flexibility index (Phi) is 4.14. The lowest BCUT2D eigenvalue weighted by molar-refractivity contribution is 0.167. The van der Waals surface area contributed by atoms with Crippen LogP contribution in [-0.2, 0) is 6.42 Å². The number of likely N-dealkylation sites (N-methyl/N-ethyl adjacent to an activating group) is 1. The van der Waals surface area contributed by atoms with Crippen molar-refractivity contribution in [2.24, 2.45) is 16.5 Å². The van der Waals surface area contributed by atoms with Crippen LogP contribution in [0.3, 0.4) is 0 Å². The molecule has 0 radical (unpaired) electrons. The van der Waals surface area contributed by atoms with Crippen molar-refractivity contribution in [2.45, 2.75) is 18.1 Å². The van der Waals surface area contributed by atoms with Crippen molar-refractivity contribution in [3.8, 4) is 5.75 Å². The summed E-state index contributed by atoms with van der Waals surface area (Å²) in [6.07, 6.45) is 2.47. The van der Waals surface area contributed by atoms with Gasteiger partial charge in [-0.3, -0.25) is 0 Å². The molecule has 23 heavy (non-hydrogen) atoms. The molecule has 3 rings (SSSR count). The summed E-state index contributed by atoms with van der Waals surface area (Å²) in [6.45, 7) is 1.85. The number of nitrogens with zero attached hydrogens (tertiary/aromatic N) is 2. The van der Waals surface area contributed by atoms with Gasteiger partial charge in [0.1, 0.15) is 17.2 Å². The molecule has 7 heteroatoms. The number of rotatable bonds is 5. The number of methoxy groups -OCH3 is 1. The number of ether oxygens (including phenoxy) is 1. The molecule has 1 atom stereocenters. The fourth-order valence-electron chi connectivity index (χ4n) is 2.96. The van der Waals surface area contributed by atoms with Gasteiger partial charge in [0.2, 0.25) is 0 Å². The van der Waals surface area contributed by atoms with Crippen molar-refractivity contribution in [3.05, 3.63) is 41.7 Å². The highest BCUT2D eigenvalue weighted by Crippen LogP contribution is 2.26. The Morgan fingerprint density at radius 3 is 2.87 bits per heavy atom. The number of hydrogen-bond donors (Lipinski definition) is 4. The van der Waals surface area contributed by atoms with Crippen LogP contribution in [0.1, 0.15) is 5.56 Å². The number of benzene rings is 1. The van der Waals surface area contributed by atoms with Gasteiger partial charge in [-0.05, 0) is 24.8 Å². The number of nitrogens with one attached hydrogen (secondary N) is 2. The summed E-state index contributed by atoms with van der Waals surface area (Å²) in [6, 6.07) is 8.32. The van der Waals surface area contributed by atoms with Gasteiger partial charge < -0.3 is 31.7 Å². The van der Waals surface area contributed by atoms with Crippen LogP contribution in [-0.4, -0.2) is 49.8 Å². The van der Waals surface area contributed by atoms with E-state index in [1.807, 2.05) is 37.4 Å². The monoisotopic (exact) mass is 316 g/mol. The molecule has 7 nitrogen and oxygen atoms in total. The van der Waals surface area contributed by atoms with E-state index in [4.69, 9.17) is 16.2 Å². The predicted octanol–water partition coefficient (Wildman–Crippen LogP) is -0.444. The lowest BCUT2D eigenvalue weighted by Crippen LogP contribution is -2.60. The van der Waals surface area contributed by atoms with Crippen LogP contribution in [0.2, 0.25) is 0 Å². The minimum absolute atomic E-state index is 0.341. The van der Waals surface area contributed by atoms with Crippen molar-refractivity contribution in [1.82, 2.24) is 15.5 Å². The summed E-state index contributed by atoms with van der Waals surface area (Å²) in [7, 11) is 3.62. The van der Waals surface area contributed by atoms with E-state index in [-0.39, 0.29) is 0 Å². The van der Waals surface area contributed by atoms with E-state index in [9.17, 15) is 0 Å². The predicted molar refractivity (Wildman–Crippen MR) is 90.9 cm³/mol. The Morgan fingerprint density at radius 2 is 2.17 bits per heavy atom. The van der Waals surface area contributed by atoms with E-state index in [1.54, 1.807) is 7.11 Å². The molecule has 0 saturated carbocycles. The maximum absolute atomic E-state index is 6.50. The molecule has 1 aromatic rings. The molecule has 1 unspecified atom stereocenters. The standard InChI is InChI=1S/C16H24N6O/c1-19-12-9-22(10-12)14-8-16(18,21-15(17)20-14)7-11-5-3-4-6-13(11)23-2/h3-6,8,12,19H,7,9-10,18H2,1-2H3,(H3,17,20,21). The Hall–Kier alpha value is -2.25. The molecule has 124 valence electrons. The van der Waals surface area contributed by atoms with E-state index in [1.165, 1.54) is 0 Å².